The Morgan fingerprint density at radius 2 is 2.07 bits per heavy atom. The molecule has 0 aliphatic carbocycles. The van der Waals surface area contributed by atoms with Crippen LogP contribution in [0.2, 0.25) is 0 Å². The van der Waals surface area contributed by atoms with Gasteiger partial charge in [0.2, 0.25) is 5.91 Å². The van der Waals surface area contributed by atoms with Crippen LogP contribution in [0.3, 0.4) is 0 Å². The summed E-state index contributed by atoms with van der Waals surface area (Å²) in [5, 5.41) is 3.15. The molecular formula is C10H22N2O3. The number of nitrogens with one attached hydrogen (secondary N) is 1. The zero-order valence-corrected chi connectivity index (χ0v) is 10.1. The summed E-state index contributed by atoms with van der Waals surface area (Å²) >= 11 is 0. The summed E-state index contributed by atoms with van der Waals surface area (Å²) in [6.45, 7) is 1.93. The van der Waals surface area contributed by atoms with Crippen LogP contribution >= 0.6 is 0 Å². The van der Waals surface area contributed by atoms with E-state index in [1.54, 1.807) is 33.2 Å². The van der Waals surface area contributed by atoms with Crippen molar-refractivity contribution in [3.8, 4) is 0 Å². The van der Waals surface area contributed by atoms with E-state index >= 15 is 0 Å². The van der Waals surface area contributed by atoms with Gasteiger partial charge < -0.3 is 19.7 Å². The van der Waals surface area contributed by atoms with Gasteiger partial charge in [0.05, 0.1) is 12.7 Å². The normalized spacial score (nSPS) is 12.5. The highest BCUT2D eigenvalue weighted by Gasteiger charge is 2.07. The lowest BCUT2D eigenvalue weighted by atomic mass is 10.3. The van der Waals surface area contributed by atoms with Crippen molar-refractivity contribution in [1.29, 1.82) is 0 Å². The number of methoxy groups -OCH3 is 2. The molecule has 0 aliphatic rings. The van der Waals surface area contributed by atoms with Crippen molar-refractivity contribution in [2.75, 3.05) is 48.0 Å². The second kappa shape index (κ2) is 8.64. The molecule has 0 radical (unpaired) electrons. The minimum absolute atomic E-state index is 0.0458. The Morgan fingerprint density at radius 1 is 1.40 bits per heavy atom. The Balaban J connectivity index is 3.47. The Labute approximate surface area is 91.7 Å². The maximum Gasteiger partial charge on any atom is 0.223 e. The van der Waals surface area contributed by atoms with E-state index in [1.807, 2.05) is 0 Å². The minimum atomic E-state index is 0.0458. The van der Waals surface area contributed by atoms with Gasteiger partial charge in [0.15, 0.2) is 0 Å². The summed E-state index contributed by atoms with van der Waals surface area (Å²) in [5.74, 6) is 0.128. The zero-order valence-electron chi connectivity index (χ0n) is 10.1. The fourth-order valence-electron chi connectivity index (χ4n) is 1.08. The van der Waals surface area contributed by atoms with Crippen molar-refractivity contribution in [3.05, 3.63) is 0 Å². The first-order valence-electron chi connectivity index (χ1n) is 5.04. The molecular weight excluding hydrogens is 196 g/mol. The van der Waals surface area contributed by atoms with E-state index in [4.69, 9.17) is 9.47 Å². The lowest BCUT2D eigenvalue weighted by Gasteiger charge is -2.15. The predicted octanol–water partition coefficient (Wildman–Crippen LogP) is -0.284. The Hall–Kier alpha value is -0.650. The van der Waals surface area contributed by atoms with Gasteiger partial charge in [-0.25, -0.2) is 0 Å². The van der Waals surface area contributed by atoms with Crippen LogP contribution in [0.25, 0.3) is 0 Å². The Morgan fingerprint density at radius 3 is 2.53 bits per heavy atom. The number of carbonyl (C=O) groups is 1. The number of rotatable bonds is 8. The molecule has 0 rings (SSSR count). The number of ether oxygens (including phenoxy) is 2. The van der Waals surface area contributed by atoms with E-state index < -0.39 is 0 Å². The number of carbonyl (C=O) groups excluding carboxylic acids is 1. The molecule has 1 N–H and O–H groups in total. The van der Waals surface area contributed by atoms with Crippen LogP contribution in [0, 0.1) is 0 Å². The fourth-order valence-corrected chi connectivity index (χ4v) is 1.08. The van der Waals surface area contributed by atoms with E-state index in [1.165, 1.54) is 0 Å². The molecule has 0 aliphatic heterocycles. The highest BCUT2D eigenvalue weighted by molar-refractivity contribution is 5.75. The molecule has 0 bridgehead atoms. The molecule has 0 aromatic rings. The van der Waals surface area contributed by atoms with Gasteiger partial charge in [0, 0.05) is 47.8 Å². The van der Waals surface area contributed by atoms with Crippen molar-refractivity contribution in [2.45, 2.75) is 12.5 Å². The number of hydrogen-bond acceptors (Lipinski definition) is 4. The third-order valence-electron chi connectivity index (χ3n) is 2.07. The van der Waals surface area contributed by atoms with Gasteiger partial charge in [-0.3, -0.25) is 4.79 Å². The highest BCUT2D eigenvalue weighted by atomic mass is 16.5. The van der Waals surface area contributed by atoms with Crippen molar-refractivity contribution in [3.63, 3.8) is 0 Å². The predicted molar refractivity (Wildman–Crippen MR) is 58.9 cm³/mol. The topological polar surface area (TPSA) is 50.8 Å². The molecule has 1 unspecified atom stereocenters. The minimum Gasteiger partial charge on any atom is -0.382 e. The van der Waals surface area contributed by atoms with Crippen LogP contribution in [0.15, 0.2) is 0 Å². The third-order valence-corrected chi connectivity index (χ3v) is 2.07. The van der Waals surface area contributed by atoms with Crippen LogP contribution in [-0.2, 0) is 14.3 Å². The van der Waals surface area contributed by atoms with E-state index in [0.29, 0.717) is 26.1 Å². The van der Waals surface area contributed by atoms with Gasteiger partial charge >= 0.3 is 0 Å². The Kier molecular flexibility index (Phi) is 8.27. The third kappa shape index (κ3) is 7.30. The summed E-state index contributed by atoms with van der Waals surface area (Å²) in [6.07, 6.45) is 0.556. The number of nitrogens with zero attached hydrogens (tertiary/aromatic N) is 1. The molecule has 0 saturated heterocycles. The van der Waals surface area contributed by atoms with Crippen LogP contribution in [0.4, 0.5) is 0 Å². The molecule has 0 spiro atoms. The van der Waals surface area contributed by atoms with Crippen molar-refractivity contribution in [1.82, 2.24) is 10.2 Å². The molecule has 90 valence electrons. The quantitative estimate of drug-likeness (QED) is 0.569. The van der Waals surface area contributed by atoms with Gasteiger partial charge in [-0.2, -0.15) is 0 Å². The van der Waals surface area contributed by atoms with Crippen molar-refractivity contribution < 1.29 is 14.3 Å². The lowest BCUT2D eigenvalue weighted by molar-refractivity contribution is -0.128. The fraction of sp³-hybridized carbons (Fsp3) is 0.900. The first-order chi connectivity index (χ1) is 7.11. The van der Waals surface area contributed by atoms with Crippen LogP contribution in [0.1, 0.15) is 6.42 Å². The molecule has 1 amide bonds. The molecule has 0 aromatic carbocycles. The average molecular weight is 218 g/mol. The summed E-state index contributed by atoms with van der Waals surface area (Å²) < 4.78 is 10.1. The van der Waals surface area contributed by atoms with Crippen LogP contribution in [0.5, 0.6) is 0 Å². The maximum absolute atomic E-state index is 11.2. The number of hydrogen-bond donors (Lipinski definition) is 1. The Bertz CT molecular complexity index is 174. The molecule has 0 fully saturated rings. The molecule has 0 aromatic heterocycles. The van der Waals surface area contributed by atoms with E-state index in [2.05, 4.69) is 5.32 Å². The monoisotopic (exact) mass is 218 g/mol. The van der Waals surface area contributed by atoms with Crippen molar-refractivity contribution in [2.24, 2.45) is 0 Å². The number of amides is 1. The summed E-state index contributed by atoms with van der Waals surface area (Å²) in [5.41, 5.74) is 0. The summed E-state index contributed by atoms with van der Waals surface area (Å²) in [4.78, 5) is 12.8. The first-order valence-corrected chi connectivity index (χ1v) is 5.04. The van der Waals surface area contributed by atoms with Gasteiger partial charge in [0.25, 0.3) is 0 Å². The zero-order chi connectivity index (χ0) is 11.7. The largest absolute Gasteiger partial charge is 0.382 e. The second-order valence-electron chi connectivity index (χ2n) is 3.56. The SMILES string of the molecule is COCC(CNCCC(=O)N(C)C)OC. The van der Waals surface area contributed by atoms with E-state index in [-0.39, 0.29) is 12.0 Å². The maximum atomic E-state index is 11.2. The van der Waals surface area contributed by atoms with Crippen LogP contribution < -0.4 is 5.32 Å². The van der Waals surface area contributed by atoms with Crippen molar-refractivity contribution >= 4 is 5.91 Å². The van der Waals surface area contributed by atoms with E-state index in [0.717, 1.165) is 0 Å². The first kappa shape index (κ1) is 14.3. The highest BCUT2D eigenvalue weighted by Crippen LogP contribution is 1.90. The second-order valence-corrected chi connectivity index (χ2v) is 3.56. The molecule has 1 atom stereocenters. The van der Waals surface area contributed by atoms with Gasteiger partial charge in [0.1, 0.15) is 0 Å². The molecule has 0 saturated carbocycles. The van der Waals surface area contributed by atoms with E-state index in [9.17, 15) is 4.79 Å². The van der Waals surface area contributed by atoms with Crippen LogP contribution in [-0.4, -0.2) is 64.9 Å². The van der Waals surface area contributed by atoms with Gasteiger partial charge in [-0.05, 0) is 0 Å². The average Bonchev–Trinajstić information content (AvgIpc) is 2.22. The molecule has 15 heavy (non-hydrogen) atoms. The summed E-state index contributed by atoms with van der Waals surface area (Å²) in [6, 6.07) is 0. The molecule has 5 nitrogen and oxygen atoms in total. The molecule has 0 heterocycles. The smallest absolute Gasteiger partial charge is 0.223 e. The lowest BCUT2D eigenvalue weighted by Crippen LogP contribution is -2.34. The standard InChI is InChI=1S/C10H22N2O3/c1-12(2)10(13)5-6-11-7-9(15-4)8-14-3/h9,11H,5-8H2,1-4H3. The summed E-state index contributed by atoms with van der Waals surface area (Å²) in [7, 11) is 6.80. The molecule has 5 heteroatoms. The van der Waals surface area contributed by atoms with Gasteiger partial charge in [-0.1, -0.05) is 0 Å². The van der Waals surface area contributed by atoms with Gasteiger partial charge in [-0.15, -0.1) is 0 Å².